The Balaban J connectivity index is 3.30. The van der Waals surface area contributed by atoms with Gasteiger partial charge in [-0.1, -0.05) is 6.92 Å². The van der Waals surface area contributed by atoms with E-state index in [2.05, 4.69) is 0 Å². The van der Waals surface area contributed by atoms with E-state index in [-0.39, 0.29) is 6.04 Å². The quantitative estimate of drug-likeness (QED) is 0.602. The number of nitrogens with two attached hydrogens (primary N) is 1. The van der Waals surface area contributed by atoms with Crippen LogP contribution in [0, 0.1) is 0 Å². The molecule has 80 valence electrons. The molecule has 2 N–H and O–H groups in total. The second kappa shape index (κ2) is 8.66. The molecule has 0 aliphatic heterocycles. The molecule has 0 radical (unpaired) electrons. The lowest BCUT2D eigenvalue weighted by Gasteiger charge is -2.07. The molecular weight excluding hydrogens is 186 g/mol. The molecule has 0 aromatic rings. The summed E-state index contributed by atoms with van der Waals surface area (Å²) in [5, 5.41) is 0. The van der Waals surface area contributed by atoms with Crippen molar-refractivity contribution in [3.63, 3.8) is 0 Å². The van der Waals surface area contributed by atoms with E-state index in [4.69, 9.17) is 10.5 Å². The lowest BCUT2D eigenvalue weighted by atomic mass is 10.3. The van der Waals surface area contributed by atoms with E-state index in [1.807, 2.05) is 13.8 Å². The maximum atomic E-state index is 11.4. The maximum absolute atomic E-state index is 11.4. The number of ether oxygens (including phenoxy) is 1. The van der Waals surface area contributed by atoms with Gasteiger partial charge in [0.25, 0.3) is 0 Å². The van der Waals surface area contributed by atoms with Crippen molar-refractivity contribution in [3.8, 4) is 0 Å². The Hall–Kier alpha value is 0.0700. The van der Waals surface area contributed by atoms with Crippen LogP contribution in [0.3, 0.4) is 0 Å². The Bertz CT molecular complexity index is 142. The molecule has 0 aliphatic carbocycles. The molecule has 0 saturated carbocycles. The molecule has 0 aliphatic rings. The van der Waals surface area contributed by atoms with Crippen LogP contribution in [0.2, 0.25) is 0 Å². The van der Waals surface area contributed by atoms with E-state index in [1.54, 1.807) is 0 Å². The molecule has 4 heteroatoms. The summed E-state index contributed by atoms with van der Waals surface area (Å²) in [6.07, 6.45) is 1.77. The number of hydrogen-bond acceptors (Lipinski definition) is 3. The van der Waals surface area contributed by atoms with Gasteiger partial charge in [-0.3, -0.25) is 4.21 Å². The predicted molar refractivity (Wildman–Crippen MR) is 57.3 cm³/mol. The standard InChI is InChI=1S/C9H21NO2S/c1-3-9(10)8-13(11)7-5-6-12-4-2/h9H,3-8,10H2,1-2H3. The van der Waals surface area contributed by atoms with Gasteiger partial charge in [-0.25, -0.2) is 0 Å². The highest BCUT2D eigenvalue weighted by atomic mass is 32.2. The Labute approximate surface area is 83.5 Å². The molecule has 0 saturated heterocycles. The van der Waals surface area contributed by atoms with Crippen LogP contribution in [0.1, 0.15) is 26.7 Å². The molecule has 0 bridgehead atoms. The van der Waals surface area contributed by atoms with E-state index in [0.717, 1.165) is 19.4 Å². The zero-order chi connectivity index (χ0) is 10.1. The molecule has 0 heterocycles. The van der Waals surface area contributed by atoms with Gasteiger partial charge < -0.3 is 10.5 Å². The summed E-state index contributed by atoms with van der Waals surface area (Å²) in [7, 11) is -0.758. The first-order chi connectivity index (χ1) is 6.20. The van der Waals surface area contributed by atoms with Gasteiger partial charge in [0.2, 0.25) is 0 Å². The van der Waals surface area contributed by atoms with Gasteiger partial charge in [0.05, 0.1) is 0 Å². The average Bonchev–Trinajstić information content (AvgIpc) is 2.12. The molecule has 3 nitrogen and oxygen atoms in total. The zero-order valence-electron chi connectivity index (χ0n) is 8.62. The van der Waals surface area contributed by atoms with Gasteiger partial charge in [0.15, 0.2) is 0 Å². The van der Waals surface area contributed by atoms with Crippen LogP contribution in [0.25, 0.3) is 0 Å². The lowest BCUT2D eigenvalue weighted by Crippen LogP contribution is -2.27. The zero-order valence-corrected chi connectivity index (χ0v) is 9.44. The van der Waals surface area contributed by atoms with Gasteiger partial charge in [0.1, 0.15) is 0 Å². The van der Waals surface area contributed by atoms with Gasteiger partial charge in [0, 0.05) is 41.6 Å². The predicted octanol–water partition coefficient (Wildman–Crippen LogP) is 0.899. The molecule has 0 rings (SSSR count). The summed E-state index contributed by atoms with van der Waals surface area (Å²) >= 11 is 0. The monoisotopic (exact) mass is 207 g/mol. The van der Waals surface area contributed by atoms with Crippen molar-refractivity contribution in [2.75, 3.05) is 24.7 Å². The highest BCUT2D eigenvalue weighted by Gasteiger charge is 2.05. The fraction of sp³-hybridized carbons (Fsp3) is 1.00. The van der Waals surface area contributed by atoms with Gasteiger partial charge >= 0.3 is 0 Å². The summed E-state index contributed by atoms with van der Waals surface area (Å²) in [6, 6.07) is 0.0907. The maximum Gasteiger partial charge on any atom is 0.0474 e. The summed E-state index contributed by atoms with van der Waals surface area (Å²) in [4.78, 5) is 0. The van der Waals surface area contributed by atoms with Crippen LogP contribution in [-0.2, 0) is 15.5 Å². The number of hydrogen-bond donors (Lipinski definition) is 1. The first-order valence-corrected chi connectivity index (χ1v) is 6.37. The van der Waals surface area contributed by atoms with Gasteiger partial charge in [-0.2, -0.15) is 0 Å². The fourth-order valence-electron chi connectivity index (χ4n) is 0.906. The van der Waals surface area contributed by atoms with Gasteiger partial charge in [-0.15, -0.1) is 0 Å². The minimum absolute atomic E-state index is 0.0907. The van der Waals surface area contributed by atoms with Gasteiger partial charge in [-0.05, 0) is 19.8 Å². The normalized spacial score (nSPS) is 15.6. The highest BCUT2D eigenvalue weighted by molar-refractivity contribution is 7.85. The molecule has 2 atom stereocenters. The smallest absolute Gasteiger partial charge is 0.0474 e. The highest BCUT2D eigenvalue weighted by Crippen LogP contribution is 1.94. The minimum Gasteiger partial charge on any atom is -0.382 e. The summed E-state index contributed by atoms with van der Waals surface area (Å²) < 4.78 is 16.5. The lowest BCUT2D eigenvalue weighted by molar-refractivity contribution is 0.149. The molecule has 13 heavy (non-hydrogen) atoms. The van der Waals surface area contributed by atoms with Crippen LogP contribution < -0.4 is 5.73 Å². The van der Waals surface area contributed by atoms with Crippen molar-refractivity contribution >= 4 is 10.8 Å². The second-order valence-corrected chi connectivity index (χ2v) is 4.65. The van der Waals surface area contributed by atoms with Crippen molar-refractivity contribution in [2.45, 2.75) is 32.7 Å². The van der Waals surface area contributed by atoms with E-state index < -0.39 is 10.8 Å². The Morgan fingerprint density at radius 1 is 1.46 bits per heavy atom. The average molecular weight is 207 g/mol. The van der Waals surface area contributed by atoms with Crippen LogP contribution in [0.4, 0.5) is 0 Å². The second-order valence-electron chi connectivity index (χ2n) is 3.03. The Morgan fingerprint density at radius 2 is 2.15 bits per heavy atom. The first-order valence-electron chi connectivity index (χ1n) is 4.89. The number of rotatable bonds is 8. The fourth-order valence-corrected chi connectivity index (χ4v) is 2.23. The van der Waals surface area contributed by atoms with E-state index in [9.17, 15) is 4.21 Å². The first kappa shape index (κ1) is 13.1. The van der Waals surface area contributed by atoms with Crippen LogP contribution in [0.5, 0.6) is 0 Å². The molecular formula is C9H21NO2S. The van der Waals surface area contributed by atoms with Crippen molar-refractivity contribution in [1.82, 2.24) is 0 Å². The van der Waals surface area contributed by atoms with Crippen molar-refractivity contribution < 1.29 is 8.95 Å². The third-order valence-corrected chi connectivity index (χ3v) is 3.33. The topological polar surface area (TPSA) is 52.3 Å². The van der Waals surface area contributed by atoms with Crippen molar-refractivity contribution in [1.29, 1.82) is 0 Å². The molecule has 2 unspecified atom stereocenters. The largest absolute Gasteiger partial charge is 0.382 e. The van der Waals surface area contributed by atoms with E-state index in [1.165, 1.54) is 0 Å². The minimum atomic E-state index is -0.758. The molecule has 0 amide bonds. The Morgan fingerprint density at radius 3 is 2.69 bits per heavy atom. The molecule has 0 aromatic carbocycles. The summed E-state index contributed by atoms with van der Waals surface area (Å²) in [5.41, 5.74) is 5.68. The van der Waals surface area contributed by atoms with Crippen LogP contribution in [-0.4, -0.2) is 35.0 Å². The summed E-state index contributed by atoms with van der Waals surface area (Å²) in [6.45, 7) is 5.43. The van der Waals surface area contributed by atoms with E-state index >= 15 is 0 Å². The van der Waals surface area contributed by atoms with Crippen LogP contribution >= 0.6 is 0 Å². The van der Waals surface area contributed by atoms with Crippen LogP contribution in [0.15, 0.2) is 0 Å². The molecule has 0 spiro atoms. The van der Waals surface area contributed by atoms with Crippen molar-refractivity contribution in [2.24, 2.45) is 5.73 Å². The summed E-state index contributed by atoms with van der Waals surface area (Å²) in [5.74, 6) is 1.34. The van der Waals surface area contributed by atoms with Crippen molar-refractivity contribution in [3.05, 3.63) is 0 Å². The molecule has 0 fully saturated rings. The van der Waals surface area contributed by atoms with E-state index in [0.29, 0.717) is 18.1 Å². The third kappa shape index (κ3) is 8.40. The third-order valence-electron chi connectivity index (χ3n) is 1.79. The Kier molecular flexibility index (Phi) is 8.71. The SMILES string of the molecule is CCOCCCS(=O)CC(N)CC. The molecule has 0 aromatic heterocycles.